The van der Waals surface area contributed by atoms with E-state index in [0.29, 0.717) is 43.8 Å². The van der Waals surface area contributed by atoms with Crippen LogP contribution in [0.5, 0.6) is 17.4 Å². The first-order valence-corrected chi connectivity index (χ1v) is 18.3. The van der Waals surface area contributed by atoms with Crippen molar-refractivity contribution in [1.29, 1.82) is 0 Å². The minimum absolute atomic E-state index is 0.00910. The smallest absolute Gasteiger partial charge is 0.257 e. The number of piperazine rings is 1. The number of aliphatic imine (C=N–C) groups is 1. The minimum atomic E-state index is -0.635. The molecule has 1 saturated carbocycles. The zero-order valence-electron chi connectivity index (χ0n) is 29.4. The Kier molecular flexibility index (Phi) is 10.5. The number of nitrogens with one attached hydrogen (secondary N) is 3. The zero-order chi connectivity index (χ0) is 35.5. The largest absolute Gasteiger partial charge is 0.508 e. The molecule has 4 heterocycles. The van der Waals surface area contributed by atoms with Gasteiger partial charge in [0.15, 0.2) is 0 Å². The summed E-state index contributed by atoms with van der Waals surface area (Å²) in [5, 5.41) is 20.4. The molecule has 2 aromatic carbocycles. The number of carbonyl (C=O) groups excluding carboxylic acids is 2. The molecule has 4 aliphatic rings. The Morgan fingerprint density at radius 2 is 1.71 bits per heavy atom. The van der Waals surface area contributed by atoms with E-state index >= 15 is 0 Å². The lowest BCUT2D eigenvalue weighted by Crippen LogP contribution is -2.53. The van der Waals surface area contributed by atoms with Gasteiger partial charge in [0.2, 0.25) is 11.8 Å². The first-order chi connectivity index (χ1) is 24.7. The molecule has 51 heavy (non-hydrogen) atoms. The second-order valence-electron chi connectivity index (χ2n) is 14.6. The number of rotatable bonds is 9. The number of pyridine rings is 1. The normalized spacial score (nSPS) is 25.1. The molecule has 7 rings (SSSR count). The van der Waals surface area contributed by atoms with E-state index in [1.807, 2.05) is 30.3 Å². The molecule has 1 aliphatic carbocycles. The van der Waals surface area contributed by atoms with Crippen LogP contribution in [0.25, 0.3) is 11.1 Å². The Morgan fingerprint density at radius 3 is 2.47 bits per heavy atom. The molecule has 12 heteroatoms. The number of aromatic hydroxyl groups is 1. The van der Waals surface area contributed by atoms with Gasteiger partial charge in [0.1, 0.15) is 34.8 Å². The van der Waals surface area contributed by atoms with Crippen LogP contribution in [-0.2, 0) is 11.3 Å². The molecule has 3 fully saturated rings. The predicted octanol–water partition coefficient (Wildman–Crippen LogP) is 4.99. The van der Waals surface area contributed by atoms with Crippen LogP contribution in [-0.4, -0.2) is 93.9 Å². The minimum Gasteiger partial charge on any atom is -0.508 e. The molecule has 3 aliphatic heterocycles. The number of ether oxygens (including phenoxy) is 1. The van der Waals surface area contributed by atoms with Crippen molar-refractivity contribution in [3.05, 3.63) is 71.7 Å². The summed E-state index contributed by atoms with van der Waals surface area (Å²) in [7, 11) is 0. The summed E-state index contributed by atoms with van der Waals surface area (Å²) < 4.78 is 20.5. The van der Waals surface area contributed by atoms with Crippen molar-refractivity contribution >= 4 is 17.6 Å². The SMILES string of the molecule is C[C@@H]1CN(Cc2cc(-c3cccc(Oc4ncc(F)cc4C(=O)N[C@H]4CC[C@@H](NC(=O)C5CN6CCCCC6=N5)CC4)c3)ccc2O)C[C@H](C)N1. The van der Waals surface area contributed by atoms with E-state index < -0.39 is 11.7 Å². The molecule has 0 bridgehead atoms. The van der Waals surface area contributed by atoms with Crippen LogP contribution >= 0.6 is 0 Å². The Labute approximate surface area is 298 Å². The molecule has 2 amide bonds. The molecule has 1 aromatic heterocycles. The van der Waals surface area contributed by atoms with Gasteiger partial charge in [-0.1, -0.05) is 18.2 Å². The number of hydrogen-bond acceptors (Lipinski definition) is 9. The van der Waals surface area contributed by atoms with Gasteiger partial charge in [-0.25, -0.2) is 9.37 Å². The summed E-state index contributed by atoms with van der Waals surface area (Å²) in [5.74, 6) is 0.654. The first-order valence-electron chi connectivity index (χ1n) is 18.3. The van der Waals surface area contributed by atoms with E-state index in [0.717, 1.165) is 86.5 Å². The highest BCUT2D eigenvalue weighted by atomic mass is 19.1. The molecule has 1 unspecified atom stereocenters. The number of hydrogen-bond donors (Lipinski definition) is 4. The number of halogens is 1. The summed E-state index contributed by atoms with van der Waals surface area (Å²) in [5.41, 5.74) is 2.63. The van der Waals surface area contributed by atoms with E-state index in [2.05, 4.69) is 49.6 Å². The number of amides is 2. The molecule has 2 saturated heterocycles. The van der Waals surface area contributed by atoms with Crippen molar-refractivity contribution in [2.24, 2.45) is 4.99 Å². The molecular formula is C39H48FN7O4. The van der Waals surface area contributed by atoms with E-state index in [1.165, 1.54) is 0 Å². The van der Waals surface area contributed by atoms with E-state index in [1.54, 1.807) is 12.1 Å². The number of nitrogens with zero attached hydrogens (tertiary/aromatic N) is 4. The van der Waals surface area contributed by atoms with Crippen molar-refractivity contribution in [2.75, 3.05) is 26.2 Å². The summed E-state index contributed by atoms with van der Waals surface area (Å²) >= 11 is 0. The molecule has 11 nitrogen and oxygen atoms in total. The number of amidine groups is 1. The van der Waals surface area contributed by atoms with Crippen molar-refractivity contribution in [1.82, 2.24) is 30.7 Å². The van der Waals surface area contributed by atoms with Gasteiger partial charge < -0.3 is 30.7 Å². The van der Waals surface area contributed by atoms with Crippen LogP contribution in [0, 0.1) is 5.82 Å². The summed E-state index contributed by atoms with van der Waals surface area (Å²) in [6.07, 6.45) is 7.09. The van der Waals surface area contributed by atoms with Crippen LogP contribution in [0.4, 0.5) is 4.39 Å². The van der Waals surface area contributed by atoms with Crippen molar-refractivity contribution in [3.63, 3.8) is 0 Å². The molecule has 0 spiro atoms. The highest BCUT2D eigenvalue weighted by molar-refractivity contribution is 5.96. The zero-order valence-corrected chi connectivity index (χ0v) is 29.4. The molecule has 3 aromatic rings. The number of benzene rings is 2. The maximum Gasteiger partial charge on any atom is 0.257 e. The molecular weight excluding hydrogens is 649 g/mol. The van der Waals surface area contributed by atoms with Gasteiger partial charge in [0, 0.05) is 62.3 Å². The van der Waals surface area contributed by atoms with E-state index in [4.69, 9.17) is 4.74 Å². The maximum absolute atomic E-state index is 14.4. The monoisotopic (exact) mass is 697 g/mol. The highest BCUT2D eigenvalue weighted by Crippen LogP contribution is 2.32. The summed E-state index contributed by atoms with van der Waals surface area (Å²) in [6.45, 7) is 8.40. The standard InChI is InChI=1S/C39H48FN7O4/c1-24-20-46(21-25(2)42-24)22-28-16-27(9-14-35(28)48)26-6-5-7-32(17-26)51-39-33(18-29(40)19-41-39)37(49)43-30-10-12-31(13-11-30)44-38(50)34-23-47-15-4-3-8-36(47)45-34/h5-7,9,14,16-19,24-25,30-31,34,42,48H,3-4,8,10-13,15,20-23H2,1-2H3,(H,43,49)(H,44,50)/t24-,25+,30-,31+,34?. The Hall–Kier alpha value is -4.55. The fourth-order valence-electron chi connectivity index (χ4n) is 7.95. The number of phenols is 1. The average Bonchev–Trinajstić information content (AvgIpc) is 3.55. The van der Waals surface area contributed by atoms with Gasteiger partial charge in [-0.2, -0.15) is 0 Å². The predicted molar refractivity (Wildman–Crippen MR) is 193 cm³/mol. The first kappa shape index (κ1) is 34.9. The third kappa shape index (κ3) is 8.50. The Bertz CT molecular complexity index is 1770. The number of piperidine rings is 1. The van der Waals surface area contributed by atoms with Gasteiger partial charge in [-0.05, 0) is 93.8 Å². The second kappa shape index (κ2) is 15.4. The lowest BCUT2D eigenvalue weighted by atomic mass is 9.90. The van der Waals surface area contributed by atoms with Crippen LogP contribution in [0.15, 0.2) is 59.7 Å². The van der Waals surface area contributed by atoms with Gasteiger partial charge in [-0.15, -0.1) is 0 Å². The van der Waals surface area contributed by atoms with Gasteiger partial charge in [-0.3, -0.25) is 19.5 Å². The molecule has 0 radical (unpaired) electrons. The van der Waals surface area contributed by atoms with E-state index in [9.17, 15) is 19.1 Å². The number of fused-ring (bicyclic) bond motifs is 1. The van der Waals surface area contributed by atoms with Crippen LogP contribution in [0.1, 0.15) is 74.7 Å². The highest BCUT2D eigenvalue weighted by Gasteiger charge is 2.33. The fraction of sp³-hybridized carbons (Fsp3) is 0.487. The molecule has 270 valence electrons. The number of aromatic nitrogens is 1. The van der Waals surface area contributed by atoms with Crippen LogP contribution in [0.2, 0.25) is 0 Å². The van der Waals surface area contributed by atoms with Gasteiger partial charge in [0.05, 0.1) is 12.7 Å². The lowest BCUT2D eigenvalue weighted by Gasteiger charge is -2.36. The second-order valence-corrected chi connectivity index (χ2v) is 14.6. The molecule has 3 atom stereocenters. The fourth-order valence-corrected chi connectivity index (χ4v) is 7.95. The number of phenolic OH excluding ortho intramolecular Hbond substituents is 1. The summed E-state index contributed by atoms with van der Waals surface area (Å²) in [4.78, 5) is 39.8. The lowest BCUT2D eigenvalue weighted by molar-refractivity contribution is -0.123. The Balaban J connectivity index is 0.965. The summed E-state index contributed by atoms with van der Waals surface area (Å²) in [6, 6.07) is 14.4. The molecule has 4 N–H and O–H groups in total. The number of carbonyl (C=O) groups is 2. The third-order valence-corrected chi connectivity index (χ3v) is 10.4. The van der Waals surface area contributed by atoms with Gasteiger partial charge in [0.25, 0.3) is 5.91 Å². The van der Waals surface area contributed by atoms with Crippen molar-refractivity contribution in [3.8, 4) is 28.5 Å². The van der Waals surface area contributed by atoms with Crippen LogP contribution < -0.4 is 20.7 Å². The van der Waals surface area contributed by atoms with Crippen LogP contribution in [0.3, 0.4) is 0 Å². The maximum atomic E-state index is 14.4. The topological polar surface area (TPSA) is 131 Å². The quantitative estimate of drug-likeness (QED) is 0.246. The van der Waals surface area contributed by atoms with E-state index in [-0.39, 0.29) is 41.2 Å². The van der Waals surface area contributed by atoms with Crippen molar-refractivity contribution < 1.29 is 23.8 Å². The average molecular weight is 698 g/mol. The van der Waals surface area contributed by atoms with Gasteiger partial charge >= 0.3 is 0 Å². The Morgan fingerprint density at radius 1 is 0.961 bits per heavy atom. The van der Waals surface area contributed by atoms with Crippen molar-refractivity contribution in [2.45, 2.75) is 95.5 Å². The third-order valence-electron chi connectivity index (χ3n) is 10.4.